The minimum absolute atomic E-state index is 0.0129. The smallest absolute Gasteiger partial charge is 0.227 e. The molecule has 0 aliphatic carbocycles. The van der Waals surface area contributed by atoms with Crippen LogP contribution in [0.1, 0.15) is 13.3 Å². The summed E-state index contributed by atoms with van der Waals surface area (Å²) in [5.74, 6) is 1.15. The predicted octanol–water partition coefficient (Wildman–Crippen LogP) is 2.80. The Balaban J connectivity index is 1.75. The normalized spacial score (nSPS) is 37.9. The molecule has 4 atom stereocenters. The Morgan fingerprint density at radius 3 is 2.79 bits per heavy atom. The van der Waals surface area contributed by atoms with E-state index < -0.39 is 12.4 Å². The molecule has 1 unspecified atom stereocenters. The number of nitrogens with zero attached hydrogens (tertiary/aromatic N) is 2. The number of fused-ring (bicyclic) bond motifs is 1. The summed E-state index contributed by atoms with van der Waals surface area (Å²) in [5, 5.41) is 10.7. The lowest BCUT2D eigenvalue weighted by Crippen LogP contribution is -2.54. The van der Waals surface area contributed by atoms with Crippen molar-refractivity contribution < 1.29 is 24.1 Å². The maximum atomic E-state index is 10.7. The number of aliphatic hydroxyl groups excluding tert-OH is 1. The van der Waals surface area contributed by atoms with Gasteiger partial charge >= 0.3 is 0 Å². The highest BCUT2D eigenvalue weighted by Gasteiger charge is 2.38. The van der Waals surface area contributed by atoms with E-state index in [-0.39, 0.29) is 18.9 Å². The van der Waals surface area contributed by atoms with Crippen LogP contribution in [-0.4, -0.2) is 61.1 Å². The zero-order valence-corrected chi connectivity index (χ0v) is 17.0. The predicted molar refractivity (Wildman–Crippen MR) is 111 cm³/mol. The van der Waals surface area contributed by atoms with Gasteiger partial charge in [0.05, 0.1) is 12.4 Å². The Bertz CT molecular complexity index is 776. The summed E-state index contributed by atoms with van der Waals surface area (Å²) in [6, 6.07) is -0.0333. The van der Waals surface area contributed by atoms with E-state index in [4.69, 9.17) is 18.9 Å². The zero-order valence-electron chi connectivity index (χ0n) is 17.0. The SMILES string of the molecule is C[C@@H]1C[C@H](N(C)C)[C@@H](O)C(OC2=C/C=C\C=C/C3=NCO/C3=C/O/C=C/C=C\2)O1. The number of hydrogen-bond acceptors (Lipinski definition) is 7. The number of hydrogen-bond donors (Lipinski definition) is 1. The third-order valence-electron chi connectivity index (χ3n) is 4.68. The first-order valence-electron chi connectivity index (χ1n) is 9.62. The Kier molecular flexibility index (Phi) is 7.46. The van der Waals surface area contributed by atoms with Crippen molar-refractivity contribution in [3.05, 3.63) is 72.7 Å². The van der Waals surface area contributed by atoms with Gasteiger partial charge in [-0.1, -0.05) is 24.3 Å². The van der Waals surface area contributed by atoms with Crippen LogP contribution in [0.3, 0.4) is 0 Å². The van der Waals surface area contributed by atoms with Crippen molar-refractivity contribution >= 4 is 5.71 Å². The van der Waals surface area contributed by atoms with Gasteiger partial charge in [-0.25, -0.2) is 4.99 Å². The topological polar surface area (TPSA) is 72.8 Å². The zero-order chi connectivity index (χ0) is 20.6. The number of aliphatic imine (C=N–C) groups is 1. The van der Waals surface area contributed by atoms with Crippen LogP contribution >= 0.6 is 0 Å². The summed E-state index contributed by atoms with van der Waals surface area (Å²) in [7, 11) is 3.90. The Morgan fingerprint density at radius 2 is 1.97 bits per heavy atom. The molecule has 0 spiro atoms. The fraction of sp³-hybridized carbons (Fsp3) is 0.409. The monoisotopic (exact) mass is 400 g/mol. The van der Waals surface area contributed by atoms with Crippen LogP contribution in [-0.2, 0) is 18.9 Å². The molecule has 3 aliphatic heterocycles. The molecule has 29 heavy (non-hydrogen) atoms. The molecule has 3 heterocycles. The Morgan fingerprint density at radius 1 is 1.14 bits per heavy atom. The molecule has 0 saturated carbocycles. The maximum absolute atomic E-state index is 10.7. The van der Waals surface area contributed by atoms with Crippen LogP contribution in [0.25, 0.3) is 0 Å². The van der Waals surface area contributed by atoms with Crippen LogP contribution < -0.4 is 0 Å². The summed E-state index contributed by atoms with van der Waals surface area (Å²) in [6.45, 7) is 2.27. The van der Waals surface area contributed by atoms with E-state index >= 15 is 0 Å². The van der Waals surface area contributed by atoms with Crippen LogP contribution in [0.15, 0.2) is 77.6 Å². The van der Waals surface area contributed by atoms with E-state index in [0.717, 1.165) is 12.1 Å². The standard InChI is InChI=1S/C22H28N2O5/c1-16-13-19(24(2)3)21(25)22(28-16)29-17-9-5-4-6-11-18-20(27-15-23-18)14-26-12-8-7-10-17/h4-12,14,16,19,21-22,25H,13,15H2,1-3H3/b5-4-,10-7-,11-6-,12-8+,17-9+,20-14+/t16-,19+,21-,22?/m1/s1. The van der Waals surface area contributed by atoms with Gasteiger partial charge in [0.1, 0.15) is 23.8 Å². The van der Waals surface area contributed by atoms with E-state index in [1.807, 2.05) is 56.3 Å². The third kappa shape index (κ3) is 5.93. The van der Waals surface area contributed by atoms with Crippen molar-refractivity contribution in [2.45, 2.75) is 37.9 Å². The largest absolute Gasteiger partial charge is 0.469 e. The van der Waals surface area contributed by atoms with Crippen LogP contribution in [0, 0.1) is 0 Å². The Hall–Kier alpha value is -2.61. The highest BCUT2D eigenvalue weighted by molar-refractivity contribution is 6.07. The molecule has 0 aromatic rings. The molecule has 0 aromatic carbocycles. The third-order valence-corrected chi connectivity index (χ3v) is 4.68. The molecule has 0 bridgehead atoms. The van der Waals surface area contributed by atoms with Gasteiger partial charge in [-0.3, -0.25) is 0 Å². The number of rotatable bonds is 3. The van der Waals surface area contributed by atoms with E-state index in [9.17, 15) is 5.11 Å². The van der Waals surface area contributed by atoms with Gasteiger partial charge in [-0.05, 0) is 51.7 Å². The number of likely N-dealkylation sites (N-methyl/N-ethyl adjacent to an activating group) is 1. The molecule has 156 valence electrons. The second kappa shape index (κ2) is 10.2. The molecule has 1 fully saturated rings. The lowest BCUT2D eigenvalue weighted by Gasteiger charge is -2.40. The van der Waals surface area contributed by atoms with Gasteiger partial charge in [0.15, 0.2) is 12.5 Å². The van der Waals surface area contributed by atoms with E-state index in [0.29, 0.717) is 11.5 Å². The molecule has 0 aromatic heterocycles. The average molecular weight is 400 g/mol. The molecule has 7 heteroatoms. The molecule has 3 aliphatic rings. The Labute approximate surface area is 171 Å². The second-order valence-electron chi connectivity index (χ2n) is 7.13. The number of allylic oxidation sites excluding steroid dienone is 8. The van der Waals surface area contributed by atoms with Crippen LogP contribution in [0.5, 0.6) is 0 Å². The maximum Gasteiger partial charge on any atom is 0.227 e. The van der Waals surface area contributed by atoms with Gasteiger partial charge in [0, 0.05) is 6.04 Å². The van der Waals surface area contributed by atoms with Crippen molar-refractivity contribution in [1.29, 1.82) is 0 Å². The lowest BCUT2D eigenvalue weighted by atomic mass is 9.99. The van der Waals surface area contributed by atoms with E-state index in [1.54, 1.807) is 18.2 Å². The van der Waals surface area contributed by atoms with Crippen LogP contribution in [0.2, 0.25) is 0 Å². The van der Waals surface area contributed by atoms with Gasteiger partial charge in [0.25, 0.3) is 0 Å². The first kappa shape index (κ1) is 21.1. The minimum Gasteiger partial charge on any atom is -0.469 e. The van der Waals surface area contributed by atoms with Crippen molar-refractivity contribution in [1.82, 2.24) is 4.90 Å². The molecule has 7 nitrogen and oxygen atoms in total. The molecule has 3 rings (SSSR count). The molecule has 1 saturated heterocycles. The summed E-state index contributed by atoms with van der Waals surface area (Å²) >= 11 is 0. The van der Waals surface area contributed by atoms with Crippen molar-refractivity contribution in [2.24, 2.45) is 4.99 Å². The van der Waals surface area contributed by atoms with E-state index in [1.165, 1.54) is 12.5 Å². The van der Waals surface area contributed by atoms with Gasteiger partial charge in [-0.2, -0.15) is 0 Å². The lowest BCUT2D eigenvalue weighted by molar-refractivity contribution is -0.236. The quantitative estimate of drug-likeness (QED) is 0.785. The summed E-state index contributed by atoms with van der Waals surface area (Å²) in [4.78, 5) is 6.26. The second-order valence-corrected chi connectivity index (χ2v) is 7.13. The fourth-order valence-electron chi connectivity index (χ4n) is 3.16. The first-order valence-corrected chi connectivity index (χ1v) is 9.62. The summed E-state index contributed by atoms with van der Waals surface area (Å²) in [5.41, 5.74) is 0.721. The molecule has 1 N–H and O–H groups in total. The summed E-state index contributed by atoms with van der Waals surface area (Å²) < 4.78 is 22.6. The van der Waals surface area contributed by atoms with Gasteiger partial charge in [0.2, 0.25) is 6.29 Å². The van der Waals surface area contributed by atoms with Crippen molar-refractivity contribution in [3.63, 3.8) is 0 Å². The molecular weight excluding hydrogens is 372 g/mol. The molecule has 0 amide bonds. The first-order chi connectivity index (χ1) is 14.0. The fourth-order valence-corrected chi connectivity index (χ4v) is 3.16. The van der Waals surface area contributed by atoms with Gasteiger partial charge in [-0.15, -0.1) is 0 Å². The number of ether oxygens (including phenoxy) is 4. The minimum atomic E-state index is -0.754. The van der Waals surface area contributed by atoms with Crippen molar-refractivity contribution in [3.8, 4) is 0 Å². The van der Waals surface area contributed by atoms with Crippen LogP contribution in [0.4, 0.5) is 0 Å². The highest BCUT2D eigenvalue weighted by Crippen LogP contribution is 2.25. The van der Waals surface area contributed by atoms with Crippen molar-refractivity contribution in [2.75, 3.05) is 20.8 Å². The molecule has 0 radical (unpaired) electrons. The highest BCUT2D eigenvalue weighted by atomic mass is 16.7. The van der Waals surface area contributed by atoms with Gasteiger partial charge < -0.3 is 29.0 Å². The average Bonchev–Trinajstić information content (AvgIpc) is 3.13. The number of aliphatic hydroxyl groups is 1. The van der Waals surface area contributed by atoms with E-state index in [2.05, 4.69) is 4.99 Å². The molecular formula is C22H28N2O5. The summed E-state index contributed by atoms with van der Waals surface area (Å²) in [6.07, 6.45) is 16.8.